The second kappa shape index (κ2) is 10.8. The first kappa shape index (κ1) is 16.0. The Kier molecular flexibility index (Phi) is 9.56. The number of hydrogen-bond donors (Lipinski definition) is 1. The Bertz CT molecular complexity index is 308. The molecule has 0 saturated heterocycles. The molecule has 5 heteroatoms. The second-order valence-corrected chi connectivity index (χ2v) is 5.85. The van der Waals surface area contributed by atoms with Gasteiger partial charge in [0, 0.05) is 36.2 Å². The fourth-order valence-electron chi connectivity index (χ4n) is 1.40. The summed E-state index contributed by atoms with van der Waals surface area (Å²) in [6, 6.07) is 4.06. The Morgan fingerprint density at radius 2 is 2.22 bits per heavy atom. The molecule has 1 aromatic rings. The molecule has 0 saturated carbocycles. The van der Waals surface area contributed by atoms with Crippen molar-refractivity contribution in [2.24, 2.45) is 0 Å². The molecule has 0 radical (unpaired) electrons. The molecule has 1 rings (SSSR count). The predicted octanol–water partition coefficient (Wildman–Crippen LogP) is 3.34. The normalized spacial score (nSPS) is 10.8. The highest BCUT2D eigenvalue weighted by Gasteiger charge is 1.95. The van der Waals surface area contributed by atoms with Gasteiger partial charge in [-0.2, -0.15) is 0 Å². The first-order valence-electron chi connectivity index (χ1n) is 6.35. The number of unbranched alkanes of at least 4 members (excludes halogenated alkanes) is 1. The van der Waals surface area contributed by atoms with Gasteiger partial charge >= 0.3 is 0 Å². The molecule has 18 heavy (non-hydrogen) atoms. The molecule has 0 aliphatic heterocycles. The van der Waals surface area contributed by atoms with Crippen molar-refractivity contribution in [2.45, 2.75) is 24.8 Å². The van der Waals surface area contributed by atoms with E-state index in [1.165, 1.54) is 6.42 Å². The average Bonchev–Trinajstić information content (AvgIpc) is 2.39. The topological polar surface area (TPSA) is 34.1 Å². The lowest BCUT2D eigenvalue weighted by atomic mass is 10.3. The zero-order valence-corrected chi connectivity index (χ0v) is 13.2. The van der Waals surface area contributed by atoms with Gasteiger partial charge in [0.25, 0.3) is 0 Å². The van der Waals surface area contributed by atoms with Crippen LogP contribution in [0.15, 0.2) is 27.8 Å². The lowest BCUT2D eigenvalue weighted by Gasteiger charge is -2.04. The first-order chi connectivity index (χ1) is 8.83. The molecule has 0 unspecified atom stereocenters. The summed E-state index contributed by atoms with van der Waals surface area (Å²) in [5.41, 5.74) is 0. The Hall–Kier alpha value is -0.100. The van der Waals surface area contributed by atoms with Crippen molar-refractivity contribution in [3.63, 3.8) is 0 Å². The number of nitrogens with one attached hydrogen (secondary N) is 1. The van der Waals surface area contributed by atoms with Crippen LogP contribution in [-0.2, 0) is 4.74 Å². The zero-order valence-electron chi connectivity index (χ0n) is 10.8. The molecule has 0 bridgehead atoms. The van der Waals surface area contributed by atoms with E-state index in [4.69, 9.17) is 4.74 Å². The van der Waals surface area contributed by atoms with Gasteiger partial charge in [0.05, 0.1) is 5.03 Å². The van der Waals surface area contributed by atoms with Crippen molar-refractivity contribution >= 4 is 27.7 Å². The predicted molar refractivity (Wildman–Crippen MR) is 81.3 cm³/mol. The first-order valence-corrected chi connectivity index (χ1v) is 8.13. The molecular formula is C13H21BrN2OS. The minimum Gasteiger partial charge on any atom is -0.382 e. The number of ether oxygens (including phenoxy) is 1. The monoisotopic (exact) mass is 332 g/mol. The highest BCUT2D eigenvalue weighted by atomic mass is 79.9. The molecule has 102 valence electrons. The van der Waals surface area contributed by atoms with Crippen LogP contribution in [0.2, 0.25) is 0 Å². The van der Waals surface area contributed by atoms with Crippen LogP contribution in [-0.4, -0.2) is 37.0 Å². The smallest absolute Gasteiger partial charge is 0.0961 e. The summed E-state index contributed by atoms with van der Waals surface area (Å²) in [4.78, 5) is 4.32. The van der Waals surface area contributed by atoms with E-state index in [1.54, 1.807) is 11.8 Å². The van der Waals surface area contributed by atoms with Crippen molar-refractivity contribution in [3.8, 4) is 0 Å². The van der Waals surface area contributed by atoms with Crippen molar-refractivity contribution in [1.82, 2.24) is 10.3 Å². The van der Waals surface area contributed by atoms with Crippen LogP contribution in [0.5, 0.6) is 0 Å². The third-order valence-electron chi connectivity index (χ3n) is 2.33. The van der Waals surface area contributed by atoms with E-state index >= 15 is 0 Å². The highest BCUT2D eigenvalue weighted by Crippen LogP contribution is 2.16. The molecule has 0 spiro atoms. The van der Waals surface area contributed by atoms with Crippen molar-refractivity contribution in [2.75, 3.05) is 32.1 Å². The lowest BCUT2D eigenvalue weighted by molar-refractivity contribution is 0.143. The Labute approximate surface area is 122 Å². The Morgan fingerprint density at radius 3 is 2.94 bits per heavy atom. The van der Waals surface area contributed by atoms with Crippen LogP contribution in [0.4, 0.5) is 0 Å². The molecule has 0 aromatic carbocycles. The van der Waals surface area contributed by atoms with Gasteiger partial charge in [0.1, 0.15) is 0 Å². The SMILES string of the molecule is CCOCCCCNCCSc1ccc(Br)cn1. The summed E-state index contributed by atoms with van der Waals surface area (Å²) < 4.78 is 6.31. The standard InChI is InChI=1S/C13H21BrN2OS/c1-2-17-9-4-3-7-15-8-10-18-13-6-5-12(14)11-16-13/h5-6,11,15H,2-4,7-10H2,1H3. The van der Waals surface area contributed by atoms with Crippen molar-refractivity contribution in [3.05, 3.63) is 22.8 Å². The maximum atomic E-state index is 5.28. The minimum absolute atomic E-state index is 0.824. The molecule has 0 atom stereocenters. The summed E-state index contributed by atoms with van der Waals surface area (Å²) in [6.45, 7) is 5.84. The van der Waals surface area contributed by atoms with E-state index < -0.39 is 0 Å². The summed E-state index contributed by atoms with van der Waals surface area (Å²) in [5, 5.41) is 4.51. The maximum absolute atomic E-state index is 5.28. The number of thioether (sulfide) groups is 1. The van der Waals surface area contributed by atoms with Gasteiger partial charge in [0.15, 0.2) is 0 Å². The van der Waals surface area contributed by atoms with Gasteiger partial charge in [-0.15, -0.1) is 11.8 Å². The van der Waals surface area contributed by atoms with Gasteiger partial charge in [0.2, 0.25) is 0 Å². The van der Waals surface area contributed by atoms with Crippen LogP contribution < -0.4 is 5.32 Å². The molecular weight excluding hydrogens is 312 g/mol. The summed E-state index contributed by atoms with van der Waals surface area (Å²) in [5.74, 6) is 1.06. The van der Waals surface area contributed by atoms with Crippen LogP contribution in [0.25, 0.3) is 0 Å². The molecule has 1 heterocycles. The van der Waals surface area contributed by atoms with Crippen LogP contribution >= 0.6 is 27.7 Å². The highest BCUT2D eigenvalue weighted by molar-refractivity contribution is 9.10. The van der Waals surface area contributed by atoms with E-state index in [9.17, 15) is 0 Å². The average molecular weight is 333 g/mol. The fourth-order valence-corrected chi connectivity index (χ4v) is 2.38. The summed E-state index contributed by atoms with van der Waals surface area (Å²) in [7, 11) is 0. The van der Waals surface area contributed by atoms with E-state index in [0.717, 1.165) is 48.0 Å². The van der Waals surface area contributed by atoms with Crippen LogP contribution in [0.3, 0.4) is 0 Å². The molecule has 1 N–H and O–H groups in total. The molecule has 0 amide bonds. The second-order valence-electron chi connectivity index (χ2n) is 3.82. The lowest BCUT2D eigenvalue weighted by Crippen LogP contribution is -2.18. The molecule has 3 nitrogen and oxygen atoms in total. The minimum atomic E-state index is 0.824. The number of halogens is 1. The number of nitrogens with zero attached hydrogens (tertiary/aromatic N) is 1. The molecule has 0 aliphatic carbocycles. The third-order valence-corrected chi connectivity index (χ3v) is 3.74. The molecule has 0 aliphatic rings. The van der Waals surface area contributed by atoms with E-state index in [-0.39, 0.29) is 0 Å². The van der Waals surface area contributed by atoms with Gasteiger partial charge in [-0.05, 0) is 54.4 Å². The number of hydrogen-bond acceptors (Lipinski definition) is 4. The third kappa shape index (κ3) is 8.08. The number of aromatic nitrogens is 1. The Balaban J connectivity index is 1.91. The van der Waals surface area contributed by atoms with Crippen LogP contribution in [0, 0.1) is 0 Å². The fraction of sp³-hybridized carbons (Fsp3) is 0.615. The van der Waals surface area contributed by atoms with E-state index in [0.29, 0.717) is 0 Å². The maximum Gasteiger partial charge on any atom is 0.0961 e. The van der Waals surface area contributed by atoms with Crippen molar-refractivity contribution < 1.29 is 4.74 Å². The zero-order chi connectivity index (χ0) is 13.1. The Morgan fingerprint density at radius 1 is 1.33 bits per heavy atom. The van der Waals surface area contributed by atoms with E-state index in [1.807, 2.05) is 25.3 Å². The summed E-state index contributed by atoms with van der Waals surface area (Å²) >= 11 is 5.16. The quantitative estimate of drug-likeness (QED) is 0.526. The van der Waals surface area contributed by atoms with E-state index in [2.05, 4.69) is 26.2 Å². The number of rotatable bonds is 10. The van der Waals surface area contributed by atoms with Gasteiger partial charge in [-0.25, -0.2) is 4.98 Å². The van der Waals surface area contributed by atoms with Crippen molar-refractivity contribution in [1.29, 1.82) is 0 Å². The largest absolute Gasteiger partial charge is 0.382 e. The van der Waals surface area contributed by atoms with Crippen LogP contribution in [0.1, 0.15) is 19.8 Å². The van der Waals surface area contributed by atoms with Gasteiger partial charge in [-0.3, -0.25) is 0 Å². The van der Waals surface area contributed by atoms with Gasteiger partial charge in [-0.1, -0.05) is 0 Å². The molecule has 1 aromatic heterocycles. The number of pyridine rings is 1. The van der Waals surface area contributed by atoms with Gasteiger partial charge < -0.3 is 10.1 Å². The molecule has 0 fully saturated rings. The summed E-state index contributed by atoms with van der Waals surface area (Å²) in [6.07, 6.45) is 4.16.